The van der Waals surface area contributed by atoms with Gasteiger partial charge >= 0.3 is 0 Å². The molecule has 0 N–H and O–H groups in total. The Morgan fingerprint density at radius 2 is 0.812 bits per heavy atom. The lowest BCUT2D eigenvalue weighted by atomic mass is 9.88. The molecular weight excluding hydrogens is 773 g/mol. The molecule has 14 rings (SSSR count). The zero-order valence-electron chi connectivity index (χ0n) is 34.8. The summed E-state index contributed by atoms with van der Waals surface area (Å²) in [5, 5.41) is 12.9. The Bertz CT molecular complexity index is 3910. The van der Waals surface area contributed by atoms with E-state index < -0.39 is 0 Å². The maximum atomic E-state index is 2.50. The molecule has 2 nitrogen and oxygen atoms in total. The standard InChI is InChI=1S/C62H38N2/c1-4-13-43(14-5-1)63(44-15-6-2-7-16-44)46-29-23-39(24-30-46)47-31-25-40-26-33-55-60-42(27-32-53(47)59(40)60)38-57-56-37-41(28-36-58(56)64(62(55)57)45-17-8-3-9-18-45)48-34-35-54-50-20-11-10-19-49(50)52-22-12-21-51(48)61(52)54/h1-38H. The van der Waals surface area contributed by atoms with Gasteiger partial charge in [0.25, 0.3) is 0 Å². The first-order valence-electron chi connectivity index (χ1n) is 22.2. The molecule has 0 radical (unpaired) electrons. The van der Waals surface area contributed by atoms with Crippen LogP contribution in [-0.4, -0.2) is 4.57 Å². The van der Waals surface area contributed by atoms with E-state index in [1.807, 2.05) is 0 Å². The molecule has 0 bridgehead atoms. The second-order valence-corrected chi connectivity index (χ2v) is 17.2. The smallest absolute Gasteiger partial charge is 0.0620 e. The quantitative estimate of drug-likeness (QED) is 0.152. The van der Waals surface area contributed by atoms with Gasteiger partial charge in [0.1, 0.15) is 0 Å². The zero-order valence-corrected chi connectivity index (χ0v) is 34.8. The van der Waals surface area contributed by atoms with Crippen molar-refractivity contribution in [2.24, 2.45) is 0 Å². The van der Waals surface area contributed by atoms with Crippen LogP contribution in [0.3, 0.4) is 0 Å². The minimum absolute atomic E-state index is 1.12. The number of fused-ring (bicyclic) bond motifs is 7. The summed E-state index contributed by atoms with van der Waals surface area (Å²) in [5.74, 6) is 0. The molecule has 1 aromatic heterocycles. The second-order valence-electron chi connectivity index (χ2n) is 17.2. The fraction of sp³-hybridized carbons (Fsp3) is 0. The largest absolute Gasteiger partial charge is 0.311 e. The van der Waals surface area contributed by atoms with Gasteiger partial charge in [0, 0.05) is 38.9 Å². The molecule has 1 aliphatic rings. The van der Waals surface area contributed by atoms with Crippen LogP contribution in [0.25, 0.3) is 115 Å². The number of anilines is 3. The van der Waals surface area contributed by atoms with Crippen LogP contribution in [0.1, 0.15) is 0 Å². The minimum Gasteiger partial charge on any atom is -0.311 e. The van der Waals surface area contributed by atoms with E-state index in [0.717, 1.165) is 22.7 Å². The molecule has 2 heteroatoms. The van der Waals surface area contributed by atoms with E-state index in [0.29, 0.717) is 0 Å². The first-order chi connectivity index (χ1) is 31.8. The Hall–Kier alpha value is -8.46. The monoisotopic (exact) mass is 810 g/mol. The predicted molar refractivity (Wildman–Crippen MR) is 272 cm³/mol. The summed E-state index contributed by atoms with van der Waals surface area (Å²) in [7, 11) is 0. The van der Waals surface area contributed by atoms with Gasteiger partial charge in [-0.15, -0.1) is 0 Å². The van der Waals surface area contributed by atoms with Crippen LogP contribution < -0.4 is 4.90 Å². The first kappa shape index (κ1) is 35.2. The van der Waals surface area contributed by atoms with Gasteiger partial charge in [-0.1, -0.05) is 164 Å². The van der Waals surface area contributed by atoms with E-state index >= 15 is 0 Å². The molecule has 0 aliphatic heterocycles. The highest BCUT2D eigenvalue weighted by atomic mass is 15.1. The lowest BCUT2D eigenvalue weighted by molar-refractivity contribution is 1.19. The summed E-state index contributed by atoms with van der Waals surface area (Å²) in [6, 6.07) is 85.1. The Morgan fingerprint density at radius 1 is 0.281 bits per heavy atom. The molecule has 0 fully saturated rings. The van der Waals surface area contributed by atoms with Crippen LogP contribution in [0, 0.1) is 0 Å². The van der Waals surface area contributed by atoms with Crippen molar-refractivity contribution in [2.75, 3.05) is 4.90 Å². The lowest BCUT2D eigenvalue weighted by Crippen LogP contribution is -2.09. The normalized spacial score (nSPS) is 12.1. The Morgan fingerprint density at radius 3 is 1.56 bits per heavy atom. The Balaban J connectivity index is 0.963. The molecule has 0 spiro atoms. The van der Waals surface area contributed by atoms with E-state index in [9.17, 15) is 0 Å². The highest BCUT2D eigenvalue weighted by Gasteiger charge is 2.24. The Kier molecular flexibility index (Phi) is 7.43. The van der Waals surface area contributed by atoms with Gasteiger partial charge in [-0.25, -0.2) is 0 Å². The second kappa shape index (κ2) is 13.5. The maximum Gasteiger partial charge on any atom is 0.0620 e. The average molecular weight is 811 g/mol. The van der Waals surface area contributed by atoms with Crippen LogP contribution in [0.5, 0.6) is 0 Å². The average Bonchev–Trinajstić information content (AvgIpc) is 3.87. The van der Waals surface area contributed by atoms with Crippen molar-refractivity contribution in [3.63, 3.8) is 0 Å². The van der Waals surface area contributed by atoms with Crippen LogP contribution in [0.15, 0.2) is 231 Å². The van der Waals surface area contributed by atoms with Crippen molar-refractivity contribution >= 4 is 82.0 Å². The first-order valence-corrected chi connectivity index (χ1v) is 22.2. The number of hydrogen-bond donors (Lipinski definition) is 0. The number of benzene rings is 12. The summed E-state index contributed by atoms with van der Waals surface area (Å²) in [6.07, 6.45) is 0. The van der Waals surface area contributed by atoms with Crippen LogP contribution in [-0.2, 0) is 0 Å². The number of nitrogens with zero attached hydrogens (tertiary/aromatic N) is 2. The number of para-hydroxylation sites is 3. The van der Waals surface area contributed by atoms with Crippen LogP contribution in [0.2, 0.25) is 0 Å². The summed E-state index contributed by atoms with van der Waals surface area (Å²) < 4.78 is 2.50. The molecule has 0 unspecified atom stereocenters. The van der Waals surface area contributed by atoms with Crippen molar-refractivity contribution < 1.29 is 0 Å². The highest BCUT2D eigenvalue weighted by molar-refractivity contribution is 6.33. The van der Waals surface area contributed by atoms with Crippen LogP contribution in [0.4, 0.5) is 17.1 Å². The van der Waals surface area contributed by atoms with Crippen LogP contribution >= 0.6 is 0 Å². The van der Waals surface area contributed by atoms with Gasteiger partial charge in [0.2, 0.25) is 0 Å². The van der Waals surface area contributed by atoms with Gasteiger partial charge < -0.3 is 9.47 Å². The van der Waals surface area contributed by atoms with Gasteiger partial charge in [-0.05, 0) is 149 Å². The molecule has 13 aromatic rings. The van der Waals surface area contributed by atoms with Gasteiger partial charge in [0.15, 0.2) is 0 Å². The molecule has 1 aliphatic carbocycles. The van der Waals surface area contributed by atoms with Crippen molar-refractivity contribution in [3.05, 3.63) is 231 Å². The fourth-order valence-electron chi connectivity index (χ4n) is 11.1. The molecule has 0 saturated carbocycles. The third-order valence-electron chi connectivity index (χ3n) is 13.8. The van der Waals surface area contributed by atoms with Gasteiger partial charge in [0.05, 0.1) is 11.0 Å². The molecular formula is C62H38N2. The molecule has 0 atom stereocenters. The van der Waals surface area contributed by atoms with Gasteiger partial charge in [-0.2, -0.15) is 0 Å². The molecule has 12 aromatic carbocycles. The van der Waals surface area contributed by atoms with Crippen molar-refractivity contribution in [2.45, 2.75) is 0 Å². The SMILES string of the molecule is c1ccc(N(c2ccccc2)c2ccc(-c3ccc4ccc5c6c(ccc3c46)cc3c4cc(-c6ccc7c8c(cccc68)-c6ccccc6-7)ccc4n(-c4ccccc4)c35)cc2)cc1. The summed E-state index contributed by atoms with van der Waals surface area (Å²) >= 11 is 0. The number of aromatic nitrogens is 1. The fourth-order valence-corrected chi connectivity index (χ4v) is 11.1. The lowest BCUT2D eigenvalue weighted by Gasteiger charge is -2.25. The maximum absolute atomic E-state index is 2.50. The van der Waals surface area contributed by atoms with E-state index in [4.69, 9.17) is 0 Å². The van der Waals surface area contributed by atoms with E-state index in [2.05, 4.69) is 240 Å². The third kappa shape index (κ3) is 5.02. The summed E-state index contributed by atoms with van der Waals surface area (Å²) in [4.78, 5) is 2.32. The molecule has 64 heavy (non-hydrogen) atoms. The summed E-state index contributed by atoms with van der Waals surface area (Å²) in [5.41, 5.74) is 17.2. The Labute approximate surface area is 370 Å². The zero-order chi connectivity index (χ0) is 41.9. The topological polar surface area (TPSA) is 8.17 Å². The molecule has 296 valence electrons. The van der Waals surface area contributed by atoms with Crippen molar-refractivity contribution in [1.29, 1.82) is 0 Å². The van der Waals surface area contributed by atoms with Crippen molar-refractivity contribution in [3.8, 4) is 50.2 Å². The highest BCUT2D eigenvalue weighted by Crippen LogP contribution is 2.50. The van der Waals surface area contributed by atoms with E-state index in [1.54, 1.807) is 0 Å². The third-order valence-corrected chi connectivity index (χ3v) is 13.8. The van der Waals surface area contributed by atoms with E-state index in [1.165, 1.54) is 109 Å². The van der Waals surface area contributed by atoms with Crippen molar-refractivity contribution in [1.82, 2.24) is 4.57 Å². The minimum atomic E-state index is 1.12. The number of hydrogen-bond acceptors (Lipinski definition) is 1. The van der Waals surface area contributed by atoms with Gasteiger partial charge in [-0.3, -0.25) is 0 Å². The predicted octanol–water partition coefficient (Wildman–Crippen LogP) is 17.3. The van der Waals surface area contributed by atoms with E-state index in [-0.39, 0.29) is 0 Å². The number of rotatable bonds is 6. The molecule has 0 amide bonds. The molecule has 0 saturated heterocycles. The molecule has 1 heterocycles. The summed E-state index contributed by atoms with van der Waals surface area (Å²) in [6.45, 7) is 0.